The molecule has 6 nitrogen and oxygen atoms in total. The van der Waals surface area contributed by atoms with Crippen LogP contribution in [0.25, 0.3) is 5.69 Å². The second-order valence-corrected chi connectivity index (χ2v) is 7.12. The number of aromatic hydroxyl groups is 1. The molecule has 0 radical (unpaired) electrons. The number of hydrogen-bond acceptors (Lipinski definition) is 4. The highest BCUT2D eigenvalue weighted by Crippen LogP contribution is 2.27. The van der Waals surface area contributed by atoms with Gasteiger partial charge in [0.2, 0.25) is 5.88 Å². The minimum Gasteiger partial charge on any atom is -0.493 e. The molecule has 0 aliphatic rings. The molecule has 28 heavy (non-hydrogen) atoms. The average Bonchev–Trinajstić information content (AvgIpc) is 2.62. The lowest BCUT2D eigenvalue weighted by Gasteiger charge is -2.13. The van der Waals surface area contributed by atoms with Gasteiger partial charge in [0.15, 0.2) is 0 Å². The van der Waals surface area contributed by atoms with Crippen LogP contribution in [-0.4, -0.2) is 20.4 Å². The van der Waals surface area contributed by atoms with Crippen molar-refractivity contribution in [3.05, 3.63) is 90.0 Å². The first-order chi connectivity index (χ1) is 13.3. The van der Waals surface area contributed by atoms with Gasteiger partial charge >= 0.3 is 5.69 Å². The summed E-state index contributed by atoms with van der Waals surface area (Å²) in [6, 6.07) is 12.3. The minimum absolute atomic E-state index is 0.108. The Kier molecular flexibility index (Phi) is 5.72. The SMILES string of the molecule is CC(=NCc1cccc(C)c1)c1c(O)n(-c2cc(Cl)ccc2Cl)c(=O)[nH]c1=O. The maximum atomic E-state index is 12.3. The molecule has 8 heteroatoms. The third-order valence-corrected chi connectivity index (χ3v) is 4.73. The zero-order valence-electron chi connectivity index (χ0n) is 15.2. The van der Waals surface area contributed by atoms with Crippen LogP contribution in [0.5, 0.6) is 5.88 Å². The highest BCUT2D eigenvalue weighted by atomic mass is 35.5. The number of halogens is 2. The summed E-state index contributed by atoms with van der Waals surface area (Å²) in [5, 5.41) is 11.2. The zero-order valence-corrected chi connectivity index (χ0v) is 16.7. The van der Waals surface area contributed by atoms with E-state index < -0.39 is 17.1 Å². The van der Waals surface area contributed by atoms with Crippen molar-refractivity contribution in [1.82, 2.24) is 9.55 Å². The molecule has 0 saturated carbocycles. The van der Waals surface area contributed by atoms with Gasteiger partial charge in [-0.05, 0) is 37.6 Å². The molecule has 0 spiro atoms. The van der Waals surface area contributed by atoms with Gasteiger partial charge in [0.05, 0.1) is 23.0 Å². The molecule has 0 fully saturated rings. The fraction of sp³-hybridized carbons (Fsp3) is 0.150. The van der Waals surface area contributed by atoms with E-state index in [1.165, 1.54) is 12.1 Å². The van der Waals surface area contributed by atoms with Gasteiger partial charge in [0, 0.05) is 5.02 Å². The van der Waals surface area contributed by atoms with Crippen LogP contribution in [0.15, 0.2) is 57.0 Å². The summed E-state index contributed by atoms with van der Waals surface area (Å²) in [6.07, 6.45) is 0. The number of benzene rings is 2. The summed E-state index contributed by atoms with van der Waals surface area (Å²) in [7, 11) is 0. The van der Waals surface area contributed by atoms with Crippen LogP contribution in [0.4, 0.5) is 0 Å². The molecule has 0 aliphatic heterocycles. The Morgan fingerprint density at radius 1 is 1.18 bits per heavy atom. The number of hydrogen-bond donors (Lipinski definition) is 2. The molecule has 2 N–H and O–H groups in total. The van der Waals surface area contributed by atoms with Crippen LogP contribution in [0.3, 0.4) is 0 Å². The smallest absolute Gasteiger partial charge is 0.335 e. The first-order valence-corrected chi connectivity index (χ1v) is 9.14. The van der Waals surface area contributed by atoms with Crippen LogP contribution < -0.4 is 11.2 Å². The second-order valence-electron chi connectivity index (χ2n) is 6.28. The van der Waals surface area contributed by atoms with Crippen molar-refractivity contribution in [2.45, 2.75) is 20.4 Å². The van der Waals surface area contributed by atoms with Gasteiger partial charge in [0.1, 0.15) is 5.56 Å². The molecular formula is C20H17Cl2N3O3. The van der Waals surface area contributed by atoms with E-state index in [2.05, 4.69) is 9.98 Å². The van der Waals surface area contributed by atoms with Crippen molar-refractivity contribution in [3.8, 4) is 11.6 Å². The molecule has 0 saturated heterocycles. The first kappa shape index (κ1) is 19.9. The van der Waals surface area contributed by atoms with Gasteiger partial charge in [-0.1, -0.05) is 53.0 Å². The van der Waals surface area contributed by atoms with E-state index in [4.69, 9.17) is 23.2 Å². The third kappa shape index (κ3) is 4.03. The number of aromatic amines is 1. The Bertz CT molecular complexity index is 1200. The Hall–Kier alpha value is -2.83. The second kappa shape index (κ2) is 8.04. The molecule has 1 heterocycles. The van der Waals surface area contributed by atoms with Gasteiger partial charge < -0.3 is 5.11 Å². The van der Waals surface area contributed by atoms with Crippen molar-refractivity contribution in [3.63, 3.8) is 0 Å². The van der Waals surface area contributed by atoms with Crippen LogP contribution in [0.2, 0.25) is 10.0 Å². The summed E-state index contributed by atoms with van der Waals surface area (Å²) < 4.78 is 0.899. The molecule has 1 aromatic heterocycles. The number of aryl methyl sites for hydroxylation is 1. The quantitative estimate of drug-likeness (QED) is 0.631. The van der Waals surface area contributed by atoms with Crippen LogP contribution in [0, 0.1) is 6.92 Å². The highest BCUT2D eigenvalue weighted by molar-refractivity contribution is 6.34. The van der Waals surface area contributed by atoms with Crippen molar-refractivity contribution >= 4 is 28.9 Å². The Balaban J connectivity index is 2.11. The minimum atomic E-state index is -0.832. The number of aromatic nitrogens is 2. The van der Waals surface area contributed by atoms with Gasteiger partial charge in [-0.2, -0.15) is 0 Å². The fourth-order valence-electron chi connectivity index (χ4n) is 2.83. The number of H-pyrrole nitrogens is 1. The standard InChI is InChI=1S/C20H17Cl2N3O3/c1-11-4-3-5-13(8-11)10-23-12(2)17-18(26)24-20(28)25(19(17)27)16-9-14(21)6-7-15(16)22/h3-9,27H,10H2,1-2H3,(H,24,26,28). The fourth-order valence-corrected chi connectivity index (χ4v) is 3.20. The normalized spacial score (nSPS) is 11.6. The predicted octanol–water partition coefficient (Wildman–Crippen LogP) is 3.86. The van der Waals surface area contributed by atoms with Crippen molar-refractivity contribution in [2.75, 3.05) is 0 Å². The lowest BCUT2D eigenvalue weighted by molar-refractivity contribution is 0.429. The van der Waals surface area contributed by atoms with E-state index in [0.717, 1.165) is 15.7 Å². The summed E-state index contributed by atoms with van der Waals surface area (Å²) >= 11 is 12.1. The third-order valence-electron chi connectivity index (χ3n) is 4.18. The number of nitrogens with zero attached hydrogens (tertiary/aromatic N) is 2. The maximum absolute atomic E-state index is 12.3. The molecule has 0 amide bonds. The van der Waals surface area contributed by atoms with E-state index >= 15 is 0 Å². The summed E-state index contributed by atoms with van der Waals surface area (Å²) in [5.74, 6) is -0.552. The first-order valence-electron chi connectivity index (χ1n) is 8.38. The van der Waals surface area contributed by atoms with Gasteiger partial charge in [-0.3, -0.25) is 14.8 Å². The number of rotatable bonds is 4. The maximum Gasteiger partial charge on any atom is 0.335 e. The van der Waals surface area contributed by atoms with Crippen molar-refractivity contribution in [1.29, 1.82) is 0 Å². The molecular weight excluding hydrogens is 401 g/mol. The van der Waals surface area contributed by atoms with Gasteiger partial charge in [-0.15, -0.1) is 0 Å². The molecule has 0 bridgehead atoms. The van der Waals surface area contributed by atoms with Crippen molar-refractivity contribution in [2.24, 2.45) is 4.99 Å². The lowest BCUT2D eigenvalue weighted by atomic mass is 10.1. The Labute approximate surface area is 170 Å². The van der Waals surface area contributed by atoms with E-state index in [1.807, 2.05) is 31.2 Å². The Morgan fingerprint density at radius 2 is 1.93 bits per heavy atom. The van der Waals surface area contributed by atoms with Crippen LogP contribution in [0.1, 0.15) is 23.6 Å². The lowest BCUT2D eigenvalue weighted by Crippen LogP contribution is -2.33. The number of aliphatic imine (C=N–C) groups is 1. The van der Waals surface area contributed by atoms with Gasteiger partial charge in [-0.25, -0.2) is 9.36 Å². The summed E-state index contributed by atoms with van der Waals surface area (Å²) in [5.41, 5.74) is 0.817. The zero-order chi connectivity index (χ0) is 20.4. The monoisotopic (exact) mass is 417 g/mol. The van der Waals surface area contributed by atoms with E-state index in [-0.39, 0.29) is 22.0 Å². The van der Waals surface area contributed by atoms with E-state index in [0.29, 0.717) is 11.6 Å². The van der Waals surface area contributed by atoms with E-state index in [9.17, 15) is 14.7 Å². The Morgan fingerprint density at radius 3 is 2.64 bits per heavy atom. The largest absolute Gasteiger partial charge is 0.493 e. The van der Waals surface area contributed by atoms with Gasteiger partial charge in [0.25, 0.3) is 5.56 Å². The molecule has 0 unspecified atom stereocenters. The highest BCUT2D eigenvalue weighted by Gasteiger charge is 2.19. The molecule has 2 aromatic carbocycles. The molecule has 3 rings (SSSR count). The molecule has 3 aromatic rings. The van der Waals surface area contributed by atoms with Crippen LogP contribution >= 0.6 is 23.2 Å². The average molecular weight is 418 g/mol. The summed E-state index contributed by atoms with van der Waals surface area (Å²) in [6.45, 7) is 3.89. The topological polar surface area (TPSA) is 87.4 Å². The molecule has 144 valence electrons. The van der Waals surface area contributed by atoms with Crippen molar-refractivity contribution < 1.29 is 5.11 Å². The number of nitrogens with one attached hydrogen (secondary N) is 1. The summed E-state index contributed by atoms with van der Waals surface area (Å²) in [4.78, 5) is 31.2. The molecule has 0 aliphatic carbocycles. The predicted molar refractivity (Wildman–Crippen MR) is 111 cm³/mol. The molecule has 0 atom stereocenters. The van der Waals surface area contributed by atoms with E-state index in [1.54, 1.807) is 13.0 Å². The van der Waals surface area contributed by atoms with Crippen LogP contribution in [-0.2, 0) is 6.54 Å².